The molecule has 0 heterocycles. The minimum atomic E-state index is -3.35. The van der Waals surface area contributed by atoms with Crippen molar-refractivity contribution in [3.8, 4) is 22.6 Å². The summed E-state index contributed by atoms with van der Waals surface area (Å²) in [7, 11) is 3.49. The summed E-state index contributed by atoms with van der Waals surface area (Å²) in [5, 5.41) is 0. The van der Waals surface area contributed by atoms with Crippen LogP contribution in [0.4, 0.5) is 0 Å². The molecule has 3 heteroatoms. The molecule has 0 bridgehead atoms. The summed E-state index contributed by atoms with van der Waals surface area (Å²) in [6.07, 6.45) is 5.69. The first-order valence-electron chi connectivity index (χ1n) is 17.8. The standard InChI is InChI=1S/C21H25.C13H13O2.C13H10.Hf/c1-20(2,3)16-7-9-18-14(12-16)11-15-13-17(21(4,5)6)8-10-19(15)18;1-14-12-9-5-8-11(13(12)15-2)10-6-3-4-7-10;1-3-7-12(8-4-1)11-13-9-5-2-6-10-13;/h7-13H,1-6H3;3,5-6,8-9H,4H2,1-2H3;1-10H;. The van der Waals surface area contributed by atoms with Crippen LogP contribution in [0.1, 0.15) is 90.6 Å². The summed E-state index contributed by atoms with van der Waals surface area (Å²) in [5.41, 5.74) is 13.8. The van der Waals surface area contributed by atoms with E-state index in [0.29, 0.717) is 3.67 Å². The monoisotopic (exact) mass is 824 g/mol. The van der Waals surface area contributed by atoms with Crippen LogP contribution in [-0.2, 0) is 31.8 Å². The first-order valence-corrected chi connectivity index (χ1v) is 23.4. The molecule has 50 heavy (non-hydrogen) atoms. The van der Waals surface area contributed by atoms with Crippen molar-refractivity contribution in [1.82, 2.24) is 0 Å². The van der Waals surface area contributed by atoms with Crippen molar-refractivity contribution in [3.05, 3.63) is 170 Å². The summed E-state index contributed by atoms with van der Waals surface area (Å²) in [6, 6.07) is 43.5. The molecule has 2 nitrogen and oxygen atoms in total. The quantitative estimate of drug-likeness (QED) is 0.152. The van der Waals surface area contributed by atoms with Crippen molar-refractivity contribution in [1.29, 1.82) is 0 Å². The molecule has 0 N–H and O–H groups in total. The van der Waals surface area contributed by atoms with E-state index < -0.39 is 21.0 Å². The molecular weight excluding hydrogens is 775 g/mol. The van der Waals surface area contributed by atoms with Gasteiger partial charge < -0.3 is 0 Å². The van der Waals surface area contributed by atoms with Gasteiger partial charge in [0.1, 0.15) is 0 Å². The van der Waals surface area contributed by atoms with Gasteiger partial charge in [0.25, 0.3) is 0 Å². The van der Waals surface area contributed by atoms with Crippen molar-refractivity contribution in [3.63, 3.8) is 0 Å². The van der Waals surface area contributed by atoms with Gasteiger partial charge in [-0.05, 0) is 0 Å². The SMILES string of the molecule is COc1cccc(C2=[C]([Hf](=[C](c3ccccc3)c3ccccc3)[CH]3c4cc(C(C)(C)C)ccc4-c4ccc(C(C)(C)C)cc43)CC=C2)c1OC. The molecule has 0 spiro atoms. The van der Waals surface area contributed by atoms with Crippen molar-refractivity contribution in [2.45, 2.75) is 62.5 Å². The first-order chi connectivity index (χ1) is 24.0. The van der Waals surface area contributed by atoms with E-state index in [4.69, 9.17) is 9.47 Å². The maximum atomic E-state index is 6.11. The Morgan fingerprint density at radius 2 is 1.14 bits per heavy atom. The molecule has 0 atom stereocenters. The van der Waals surface area contributed by atoms with Crippen LogP contribution < -0.4 is 9.47 Å². The molecule has 0 aliphatic heterocycles. The average molecular weight is 823 g/mol. The van der Waals surface area contributed by atoms with Gasteiger partial charge in [-0.15, -0.1) is 0 Å². The number of benzene rings is 5. The van der Waals surface area contributed by atoms with E-state index in [9.17, 15) is 0 Å². The fraction of sp³-hybridized carbons (Fsp3) is 0.255. The number of hydrogen-bond acceptors (Lipinski definition) is 2. The molecule has 2 aliphatic rings. The first kappa shape index (κ1) is 34.4. The summed E-state index contributed by atoms with van der Waals surface area (Å²) >= 11 is -3.35. The van der Waals surface area contributed by atoms with Gasteiger partial charge in [-0.25, -0.2) is 0 Å². The topological polar surface area (TPSA) is 18.5 Å². The molecular formula is C47H48HfO2. The maximum absolute atomic E-state index is 6.11. The van der Waals surface area contributed by atoms with E-state index in [1.165, 1.54) is 50.1 Å². The van der Waals surface area contributed by atoms with Crippen molar-refractivity contribution < 1.29 is 30.4 Å². The fourth-order valence-electron chi connectivity index (χ4n) is 7.77. The Bertz CT molecular complexity index is 2050. The molecule has 0 amide bonds. The molecule has 7 rings (SSSR count). The van der Waals surface area contributed by atoms with Crippen LogP contribution in [0.5, 0.6) is 11.5 Å². The second kappa shape index (κ2) is 13.6. The van der Waals surface area contributed by atoms with Crippen LogP contribution in [0.2, 0.25) is 0 Å². The number of fused-ring (bicyclic) bond motifs is 3. The van der Waals surface area contributed by atoms with E-state index in [-0.39, 0.29) is 10.8 Å². The van der Waals surface area contributed by atoms with Gasteiger partial charge in [-0.2, -0.15) is 0 Å². The average Bonchev–Trinajstić information content (AvgIpc) is 3.72. The zero-order valence-corrected chi connectivity index (χ0v) is 34.3. The zero-order valence-electron chi connectivity index (χ0n) is 30.7. The number of ether oxygens (including phenoxy) is 2. The normalized spacial score (nSPS) is 14.1. The Hall–Kier alpha value is -4.08. The van der Waals surface area contributed by atoms with Crippen LogP contribution >= 0.6 is 0 Å². The second-order valence-electron chi connectivity index (χ2n) is 15.6. The third-order valence-electron chi connectivity index (χ3n) is 10.4. The Morgan fingerprint density at radius 3 is 1.62 bits per heavy atom. The third-order valence-corrected chi connectivity index (χ3v) is 22.7. The van der Waals surface area contributed by atoms with E-state index in [1.54, 1.807) is 20.8 Å². The molecule has 0 fully saturated rings. The summed E-state index contributed by atoms with van der Waals surface area (Å²) < 4.78 is 15.4. The second-order valence-corrected chi connectivity index (χ2v) is 24.6. The van der Waals surface area contributed by atoms with Gasteiger partial charge >= 0.3 is 308 Å². The number of allylic oxidation sites excluding steroid dienone is 4. The molecule has 0 saturated heterocycles. The number of rotatable bonds is 7. The molecule has 0 aromatic heterocycles. The Morgan fingerprint density at radius 1 is 0.600 bits per heavy atom. The molecule has 0 saturated carbocycles. The van der Waals surface area contributed by atoms with E-state index in [2.05, 4.69) is 163 Å². The van der Waals surface area contributed by atoms with E-state index in [0.717, 1.165) is 23.5 Å². The molecule has 252 valence electrons. The van der Waals surface area contributed by atoms with Gasteiger partial charge in [0.15, 0.2) is 0 Å². The van der Waals surface area contributed by atoms with Gasteiger partial charge in [0.2, 0.25) is 0 Å². The number of hydrogen-bond donors (Lipinski definition) is 0. The molecule has 2 aliphatic carbocycles. The van der Waals surface area contributed by atoms with Crippen LogP contribution in [0.25, 0.3) is 16.7 Å². The van der Waals surface area contributed by atoms with Crippen molar-refractivity contribution in [2.24, 2.45) is 0 Å². The van der Waals surface area contributed by atoms with Crippen molar-refractivity contribution in [2.75, 3.05) is 14.2 Å². The zero-order chi connectivity index (χ0) is 35.2. The number of methoxy groups -OCH3 is 2. The molecule has 0 radical (unpaired) electrons. The van der Waals surface area contributed by atoms with Gasteiger partial charge in [-0.3, -0.25) is 0 Å². The van der Waals surface area contributed by atoms with Gasteiger partial charge in [0, 0.05) is 0 Å². The fourth-order valence-corrected chi connectivity index (χ4v) is 21.6. The van der Waals surface area contributed by atoms with Crippen LogP contribution in [0.15, 0.2) is 131 Å². The predicted molar refractivity (Wildman–Crippen MR) is 207 cm³/mol. The van der Waals surface area contributed by atoms with Crippen molar-refractivity contribution >= 4 is 8.83 Å². The predicted octanol–water partition coefficient (Wildman–Crippen LogP) is 11.6. The molecule has 5 aromatic carbocycles. The minimum absolute atomic E-state index is 0.0367. The summed E-state index contributed by atoms with van der Waals surface area (Å²) in [5.74, 6) is 1.57. The van der Waals surface area contributed by atoms with Gasteiger partial charge in [0.05, 0.1) is 0 Å². The molecule has 5 aromatic rings. The Labute approximate surface area is 306 Å². The number of para-hydroxylation sites is 1. The van der Waals surface area contributed by atoms with Crippen LogP contribution in [0, 0.1) is 0 Å². The summed E-state index contributed by atoms with van der Waals surface area (Å²) in [4.78, 5) is 0. The summed E-state index contributed by atoms with van der Waals surface area (Å²) in [6.45, 7) is 14.0. The Balaban J connectivity index is 1.66. The molecule has 0 unspecified atom stereocenters. The van der Waals surface area contributed by atoms with E-state index >= 15 is 0 Å². The third kappa shape index (κ3) is 6.23. The Kier molecular flexibility index (Phi) is 9.33. The van der Waals surface area contributed by atoms with E-state index in [1.807, 2.05) is 6.07 Å². The van der Waals surface area contributed by atoms with Crippen LogP contribution in [0.3, 0.4) is 0 Å². The van der Waals surface area contributed by atoms with Crippen LogP contribution in [-0.4, -0.2) is 17.5 Å². The van der Waals surface area contributed by atoms with Gasteiger partial charge in [-0.1, -0.05) is 0 Å².